The van der Waals surface area contributed by atoms with E-state index in [4.69, 9.17) is 15.2 Å². The molecule has 0 spiro atoms. The Bertz CT molecular complexity index is 967. The molecule has 0 fully saturated rings. The van der Waals surface area contributed by atoms with Gasteiger partial charge in [0.2, 0.25) is 0 Å². The average molecular weight is 489 g/mol. The topological polar surface area (TPSA) is 115 Å². The van der Waals surface area contributed by atoms with Crippen LogP contribution in [0, 0.1) is 0 Å². The van der Waals surface area contributed by atoms with E-state index in [1.165, 1.54) is 37.6 Å². The molecule has 0 aliphatic rings. The summed E-state index contributed by atoms with van der Waals surface area (Å²) >= 11 is 3.29. The van der Waals surface area contributed by atoms with Crippen molar-refractivity contribution in [1.82, 2.24) is 5.43 Å². The van der Waals surface area contributed by atoms with Gasteiger partial charge in [0.25, 0.3) is 5.91 Å². The van der Waals surface area contributed by atoms with E-state index in [-0.39, 0.29) is 17.2 Å². The average Bonchev–Trinajstić information content (AvgIpc) is 2.67. The number of methoxy groups -OCH3 is 1. The van der Waals surface area contributed by atoms with Crippen molar-refractivity contribution in [2.45, 2.75) is 6.18 Å². The van der Waals surface area contributed by atoms with Crippen LogP contribution in [0.3, 0.4) is 0 Å². The third kappa shape index (κ3) is 6.65. The smallest absolute Gasteiger partial charge is 0.416 e. The Labute approximate surface area is 177 Å². The van der Waals surface area contributed by atoms with Gasteiger partial charge in [0.05, 0.1) is 18.9 Å². The molecule has 2 rings (SSSR count). The zero-order valence-corrected chi connectivity index (χ0v) is 17.0. The van der Waals surface area contributed by atoms with Crippen molar-refractivity contribution in [2.24, 2.45) is 10.8 Å². The maximum atomic E-state index is 12.8. The van der Waals surface area contributed by atoms with Gasteiger partial charge in [-0.15, -0.1) is 0 Å². The number of benzene rings is 2. The van der Waals surface area contributed by atoms with Gasteiger partial charge in [-0.05, 0) is 46.3 Å². The predicted molar refractivity (Wildman–Crippen MR) is 107 cm³/mol. The predicted octanol–water partition coefficient (Wildman–Crippen LogP) is 3.50. The summed E-state index contributed by atoms with van der Waals surface area (Å²) in [6.45, 7) is -0.476. The van der Waals surface area contributed by atoms with E-state index in [0.717, 1.165) is 12.1 Å². The largest absolute Gasteiger partial charge is 0.493 e. The molecule has 0 unspecified atom stereocenters. The molecule has 0 aliphatic heterocycles. The summed E-state index contributed by atoms with van der Waals surface area (Å²) in [6.07, 6.45) is -3.21. The van der Waals surface area contributed by atoms with Crippen LogP contribution >= 0.6 is 15.9 Å². The molecule has 8 nitrogen and oxygen atoms in total. The van der Waals surface area contributed by atoms with Crippen molar-refractivity contribution in [3.05, 3.63) is 52.0 Å². The van der Waals surface area contributed by atoms with Gasteiger partial charge in [0, 0.05) is 15.7 Å². The fourth-order valence-corrected chi connectivity index (χ4v) is 2.63. The lowest BCUT2D eigenvalue weighted by Crippen LogP contribution is -2.24. The number of nitrogens with two attached hydrogens (primary N) is 1. The first-order valence-corrected chi connectivity index (χ1v) is 8.95. The van der Waals surface area contributed by atoms with E-state index in [1.807, 2.05) is 5.43 Å². The standard InChI is InChI=1S/C18H16BrF3N4O4/c1-29-14-5-10(8-24-26-17(23)28)13(19)7-15(14)30-9-16(27)25-12-4-2-3-11(6-12)18(20,21)22/h2-8H,9H2,1H3,(H,25,27)(H3,23,26,28)/b24-8-. The number of carbonyl (C=O) groups is 2. The molecule has 0 heterocycles. The fraction of sp³-hybridized carbons (Fsp3) is 0.167. The van der Waals surface area contributed by atoms with Crippen LogP contribution in [-0.4, -0.2) is 31.9 Å². The molecule has 12 heteroatoms. The molecule has 0 saturated heterocycles. The lowest BCUT2D eigenvalue weighted by molar-refractivity contribution is -0.137. The van der Waals surface area contributed by atoms with Crippen molar-refractivity contribution in [3.63, 3.8) is 0 Å². The SMILES string of the molecule is COc1cc(/C=N\NC(N)=O)c(Br)cc1OCC(=O)Nc1cccc(C(F)(F)F)c1. The Morgan fingerprint density at radius 2 is 1.97 bits per heavy atom. The minimum Gasteiger partial charge on any atom is -0.493 e. The van der Waals surface area contributed by atoms with E-state index < -0.39 is 30.3 Å². The molecular weight excluding hydrogens is 473 g/mol. The van der Waals surface area contributed by atoms with Gasteiger partial charge < -0.3 is 20.5 Å². The second kappa shape index (κ2) is 9.96. The van der Waals surface area contributed by atoms with Gasteiger partial charge in [0.1, 0.15) is 0 Å². The maximum absolute atomic E-state index is 12.8. The third-order valence-electron chi connectivity index (χ3n) is 3.49. The van der Waals surface area contributed by atoms with Crippen LogP contribution in [0.5, 0.6) is 11.5 Å². The number of rotatable bonds is 7. The molecule has 3 amide bonds. The van der Waals surface area contributed by atoms with Gasteiger partial charge >= 0.3 is 12.2 Å². The fourth-order valence-electron chi connectivity index (χ4n) is 2.20. The van der Waals surface area contributed by atoms with Crippen LogP contribution in [-0.2, 0) is 11.0 Å². The number of hydrazone groups is 1. The monoisotopic (exact) mass is 488 g/mol. The van der Waals surface area contributed by atoms with Gasteiger partial charge in [-0.1, -0.05) is 6.07 Å². The van der Waals surface area contributed by atoms with Gasteiger partial charge in [0.15, 0.2) is 18.1 Å². The van der Waals surface area contributed by atoms with Crippen molar-refractivity contribution < 1.29 is 32.2 Å². The minimum absolute atomic E-state index is 0.0138. The molecular formula is C18H16BrF3N4O4. The molecule has 30 heavy (non-hydrogen) atoms. The van der Waals surface area contributed by atoms with Gasteiger partial charge in [-0.25, -0.2) is 10.2 Å². The summed E-state index contributed by atoms with van der Waals surface area (Å²) < 4.78 is 49.4. The first-order valence-electron chi connectivity index (χ1n) is 8.16. The van der Waals surface area contributed by atoms with Crippen molar-refractivity contribution in [2.75, 3.05) is 19.0 Å². The van der Waals surface area contributed by atoms with Crippen molar-refractivity contribution >= 4 is 39.8 Å². The molecule has 0 aromatic heterocycles. The number of hydrogen-bond acceptors (Lipinski definition) is 5. The normalized spacial score (nSPS) is 11.2. The molecule has 2 aromatic carbocycles. The summed E-state index contributed by atoms with van der Waals surface area (Å²) in [5.41, 5.74) is 6.58. The summed E-state index contributed by atoms with van der Waals surface area (Å²) in [6, 6.07) is 6.44. The molecule has 0 bridgehead atoms. The Morgan fingerprint density at radius 3 is 2.60 bits per heavy atom. The highest BCUT2D eigenvalue weighted by atomic mass is 79.9. The van der Waals surface area contributed by atoms with Crippen LogP contribution in [0.1, 0.15) is 11.1 Å². The Morgan fingerprint density at radius 1 is 1.23 bits per heavy atom. The molecule has 160 valence electrons. The number of halogens is 4. The van der Waals surface area contributed by atoms with E-state index >= 15 is 0 Å². The van der Waals surface area contributed by atoms with E-state index in [9.17, 15) is 22.8 Å². The van der Waals surface area contributed by atoms with Crippen molar-refractivity contribution in [1.29, 1.82) is 0 Å². The number of hydrogen-bond donors (Lipinski definition) is 3. The first kappa shape index (κ1) is 23.0. The number of carbonyl (C=O) groups excluding carboxylic acids is 2. The van der Waals surface area contributed by atoms with E-state index in [1.54, 1.807) is 0 Å². The highest BCUT2D eigenvalue weighted by Gasteiger charge is 2.30. The van der Waals surface area contributed by atoms with Crippen LogP contribution in [0.15, 0.2) is 46.0 Å². The van der Waals surface area contributed by atoms with E-state index in [0.29, 0.717) is 10.0 Å². The number of anilines is 1. The Balaban J connectivity index is 2.06. The molecule has 0 radical (unpaired) electrons. The molecule has 0 saturated carbocycles. The number of nitrogens with zero attached hydrogens (tertiary/aromatic N) is 1. The Kier molecular flexibility index (Phi) is 7.64. The van der Waals surface area contributed by atoms with E-state index in [2.05, 4.69) is 26.3 Å². The summed E-state index contributed by atoms with van der Waals surface area (Å²) in [5.74, 6) is -0.210. The highest BCUT2D eigenvalue weighted by Crippen LogP contribution is 2.33. The van der Waals surface area contributed by atoms with Gasteiger partial charge in [-0.3, -0.25) is 4.79 Å². The van der Waals surface area contributed by atoms with Gasteiger partial charge in [-0.2, -0.15) is 18.3 Å². The number of alkyl halides is 3. The van der Waals surface area contributed by atoms with Crippen LogP contribution in [0.2, 0.25) is 0 Å². The van der Waals surface area contributed by atoms with Crippen LogP contribution < -0.4 is 25.9 Å². The number of nitrogens with one attached hydrogen (secondary N) is 2. The molecule has 0 atom stereocenters. The molecule has 0 aliphatic carbocycles. The quantitative estimate of drug-likeness (QED) is 0.408. The summed E-state index contributed by atoms with van der Waals surface area (Å²) in [5, 5.41) is 5.97. The second-order valence-electron chi connectivity index (χ2n) is 5.67. The maximum Gasteiger partial charge on any atom is 0.416 e. The Hall–Kier alpha value is -3.28. The second-order valence-corrected chi connectivity index (χ2v) is 6.53. The number of urea groups is 1. The summed E-state index contributed by atoms with van der Waals surface area (Å²) in [4.78, 5) is 22.7. The number of ether oxygens (including phenoxy) is 2. The van der Waals surface area contributed by atoms with Crippen LogP contribution in [0.25, 0.3) is 0 Å². The first-order chi connectivity index (χ1) is 14.1. The lowest BCUT2D eigenvalue weighted by Gasteiger charge is -2.13. The third-order valence-corrected chi connectivity index (χ3v) is 4.18. The summed E-state index contributed by atoms with van der Waals surface area (Å²) in [7, 11) is 1.38. The zero-order valence-electron chi connectivity index (χ0n) is 15.4. The van der Waals surface area contributed by atoms with Crippen LogP contribution in [0.4, 0.5) is 23.7 Å². The highest BCUT2D eigenvalue weighted by molar-refractivity contribution is 9.10. The zero-order chi connectivity index (χ0) is 22.3. The molecule has 2 aromatic rings. The lowest BCUT2D eigenvalue weighted by atomic mass is 10.2. The number of primary amides is 1. The molecule has 4 N–H and O–H groups in total. The number of amides is 3. The van der Waals surface area contributed by atoms with Crippen molar-refractivity contribution in [3.8, 4) is 11.5 Å². The minimum atomic E-state index is -4.52.